The van der Waals surface area contributed by atoms with Crippen molar-refractivity contribution in [3.8, 4) is 0 Å². The minimum atomic E-state index is 0.0358. The topological polar surface area (TPSA) is 12.0 Å². The second-order valence-electron chi connectivity index (χ2n) is 4.21. The quantitative estimate of drug-likeness (QED) is 0.765. The Hall–Kier alpha value is -0.540. The van der Waals surface area contributed by atoms with E-state index in [-0.39, 0.29) is 6.04 Å². The molecule has 0 aliphatic carbocycles. The first-order valence-corrected chi connectivity index (χ1v) is 7.60. The van der Waals surface area contributed by atoms with Crippen molar-refractivity contribution in [1.29, 1.82) is 0 Å². The molecule has 0 bridgehead atoms. The molecule has 4 heteroatoms. The van der Waals surface area contributed by atoms with Crippen molar-refractivity contribution in [3.05, 3.63) is 68.1 Å². The summed E-state index contributed by atoms with van der Waals surface area (Å²) >= 11 is 15.9. The van der Waals surface area contributed by atoms with Crippen molar-refractivity contribution in [2.24, 2.45) is 0 Å². The summed E-state index contributed by atoms with van der Waals surface area (Å²) in [5.74, 6) is 0. The highest BCUT2D eigenvalue weighted by Gasteiger charge is 2.16. The Morgan fingerprint density at radius 2 is 1.89 bits per heavy atom. The molecular weight excluding hydrogens is 345 g/mol. The number of nitrogens with one attached hydrogen (secondary N) is 1. The summed E-state index contributed by atoms with van der Waals surface area (Å²) in [5, 5.41) is 4.91. The number of hydrogen-bond acceptors (Lipinski definition) is 1. The molecule has 2 rings (SSSR count). The van der Waals surface area contributed by atoms with E-state index in [1.165, 1.54) is 0 Å². The third-order valence-electron chi connectivity index (χ3n) is 2.84. The highest BCUT2D eigenvalue weighted by atomic mass is 79.9. The average molecular weight is 359 g/mol. The fourth-order valence-corrected chi connectivity index (χ4v) is 3.19. The maximum absolute atomic E-state index is 6.30. The van der Waals surface area contributed by atoms with Gasteiger partial charge in [-0.05, 0) is 41.9 Å². The van der Waals surface area contributed by atoms with Crippen molar-refractivity contribution < 1.29 is 0 Å². The van der Waals surface area contributed by atoms with E-state index < -0.39 is 0 Å². The molecule has 2 aromatic carbocycles. The second-order valence-corrected chi connectivity index (χ2v) is 5.97. The molecular formula is C15H14BrCl2N. The normalized spacial score (nSPS) is 12.4. The van der Waals surface area contributed by atoms with Gasteiger partial charge in [-0.1, -0.05) is 64.3 Å². The van der Waals surface area contributed by atoms with Crippen molar-refractivity contribution in [2.45, 2.75) is 13.0 Å². The van der Waals surface area contributed by atoms with Crippen molar-refractivity contribution >= 4 is 39.1 Å². The summed E-state index contributed by atoms with van der Waals surface area (Å²) < 4.78 is 0.963. The lowest BCUT2D eigenvalue weighted by Gasteiger charge is -2.20. The highest BCUT2D eigenvalue weighted by molar-refractivity contribution is 9.10. The Bertz CT molecular complexity index is 552. The third kappa shape index (κ3) is 3.73. The minimum Gasteiger partial charge on any atom is -0.306 e. The van der Waals surface area contributed by atoms with E-state index in [0.29, 0.717) is 5.02 Å². The Balaban J connectivity index is 2.48. The summed E-state index contributed by atoms with van der Waals surface area (Å²) in [6.45, 7) is 2.92. The first kappa shape index (κ1) is 14.9. The standard InChI is InChI=1S/C15H14BrCl2N/c1-2-19-15(13-5-3-4-6-14(13)18)10-7-11(16)9-12(17)8-10/h3-9,15,19H,2H2,1H3. The fourth-order valence-electron chi connectivity index (χ4n) is 2.06. The Kier molecular flexibility index (Phi) is 5.28. The van der Waals surface area contributed by atoms with Crippen LogP contribution in [-0.4, -0.2) is 6.54 Å². The molecule has 1 atom stereocenters. The van der Waals surface area contributed by atoms with Crippen LogP contribution < -0.4 is 5.32 Å². The summed E-state index contributed by atoms with van der Waals surface area (Å²) in [4.78, 5) is 0. The third-order valence-corrected chi connectivity index (χ3v) is 3.86. The summed E-state index contributed by atoms with van der Waals surface area (Å²) in [6.07, 6.45) is 0. The van der Waals surface area contributed by atoms with Gasteiger partial charge in [0, 0.05) is 14.5 Å². The van der Waals surface area contributed by atoms with Crippen LogP contribution in [0.2, 0.25) is 10.0 Å². The van der Waals surface area contributed by atoms with Gasteiger partial charge in [-0.15, -0.1) is 0 Å². The van der Waals surface area contributed by atoms with Crippen LogP contribution in [0.15, 0.2) is 46.9 Å². The second kappa shape index (κ2) is 6.76. The molecule has 0 aromatic heterocycles. The van der Waals surface area contributed by atoms with E-state index in [2.05, 4.69) is 34.2 Å². The van der Waals surface area contributed by atoms with Gasteiger partial charge in [0.1, 0.15) is 0 Å². The SMILES string of the molecule is CCNC(c1cc(Cl)cc(Br)c1)c1ccccc1Cl. The highest BCUT2D eigenvalue weighted by Crippen LogP contribution is 2.31. The van der Waals surface area contributed by atoms with Gasteiger partial charge in [-0.25, -0.2) is 0 Å². The zero-order valence-electron chi connectivity index (χ0n) is 10.5. The lowest BCUT2D eigenvalue weighted by atomic mass is 9.98. The van der Waals surface area contributed by atoms with Gasteiger partial charge < -0.3 is 5.32 Å². The monoisotopic (exact) mass is 357 g/mol. The molecule has 0 heterocycles. The van der Waals surface area contributed by atoms with Crippen LogP contribution in [0.3, 0.4) is 0 Å². The maximum Gasteiger partial charge on any atom is 0.0592 e. The zero-order valence-corrected chi connectivity index (χ0v) is 13.6. The molecule has 1 N–H and O–H groups in total. The van der Waals surface area contributed by atoms with Crippen LogP contribution >= 0.6 is 39.1 Å². The van der Waals surface area contributed by atoms with Gasteiger partial charge in [-0.2, -0.15) is 0 Å². The molecule has 19 heavy (non-hydrogen) atoms. The average Bonchev–Trinajstić information content (AvgIpc) is 2.36. The van der Waals surface area contributed by atoms with Gasteiger partial charge in [0.2, 0.25) is 0 Å². The fraction of sp³-hybridized carbons (Fsp3) is 0.200. The summed E-state index contributed by atoms with van der Waals surface area (Å²) in [6, 6.07) is 13.8. The predicted octanol–water partition coefficient (Wildman–Crippen LogP) is 5.45. The molecule has 0 spiro atoms. The molecule has 1 unspecified atom stereocenters. The van der Waals surface area contributed by atoms with Gasteiger partial charge in [0.15, 0.2) is 0 Å². The molecule has 0 radical (unpaired) electrons. The van der Waals surface area contributed by atoms with E-state index in [1.54, 1.807) is 0 Å². The molecule has 0 amide bonds. The van der Waals surface area contributed by atoms with E-state index in [4.69, 9.17) is 23.2 Å². The molecule has 0 aliphatic rings. The molecule has 1 nitrogen and oxygen atoms in total. The molecule has 2 aromatic rings. The van der Waals surface area contributed by atoms with Crippen LogP contribution in [-0.2, 0) is 0 Å². The van der Waals surface area contributed by atoms with Crippen molar-refractivity contribution in [3.63, 3.8) is 0 Å². The molecule has 100 valence electrons. The van der Waals surface area contributed by atoms with Gasteiger partial charge in [0.25, 0.3) is 0 Å². The minimum absolute atomic E-state index is 0.0358. The van der Waals surface area contributed by atoms with Gasteiger partial charge >= 0.3 is 0 Å². The predicted molar refractivity (Wildman–Crippen MR) is 86.1 cm³/mol. The number of rotatable bonds is 4. The molecule has 0 saturated carbocycles. The Morgan fingerprint density at radius 3 is 2.53 bits per heavy atom. The summed E-state index contributed by atoms with van der Waals surface area (Å²) in [7, 11) is 0. The molecule has 0 fully saturated rings. The van der Waals surface area contributed by atoms with Crippen LogP contribution in [0.4, 0.5) is 0 Å². The smallest absolute Gasteiger partial charge is 0.0592 e. The van der Waals surface area contributed by atoms with E-state index in [0.717, 1.165) is 27.2 Å². The van der Waals surface area contributed by atoms with Crippen LogP contribution in [0, 0.1) is 0 Å². The number of hydrogen-bond donors (Lipinski definition) is 1. The van der Waals surface area contributed by atoms with Crippen molar-refractivity contribution in [1.82, 2.24) is 5.32 Å². The zero-order chi connectivity index (χ0) is 13.8. The first-order valence-electron chi connectivity index (χ1n) is 6.05. The van der Waals surface area contributed by atoms with Gasteiger partial charge in [0.05, 0.1) is 6.04 Å². The Morgan fingerprint density at radius 1 is 1.16 bits per heavy atom. The van der Waals surface area contributed by atoms with Crippen LogP contribution in [0.25, 0.3) is 0 Å². The Labute approximate surface area is 132 Å². The molecule has 0 aliphatic heterocycles. The lowest BCUT2D eigenvalue weighted by molar-refractivity contribution is 0.630. The van der Waals surface area contributed by atoms with Crippen LogP contribution in [0.5, 0.6) is 0 Å². The van der Waals surface area contributed by atoms with E-state index >= 15 is 0 Å². The van der Waals surface area contributed by atoms with E-state index in [1.807, 2.05) is 36.4 Å². The number of halogens is 3. The van der Waals surface area contributed by atoms with E-state index in [9.17, 15) is 0 Å². The van der Waals surface area contributed by atoms with Gasteiger partial charge in [-0.3, -0.25) is 0 Å². The largest absolute Gasteiger partial charge is 0.306 e. The maximum atomic E-state index is 6.30. The lowest BCUT2D eigenvalue weighted by Crippen LogP contribution is -2.22. The first-order chi connectivity index (χ1) is 9.11. The number of benzene rings is 2. The van der Waals surface area contributed by atoms with Crippen LogP contribution in [0.1, 0.15) is 24.1 Å². The van der Waals surface area contributed by atoms with Crippen molar-refractivity contribution in [2.75, 3.05) is 6.54 Å². The molecule has 0 saturated heterocycles. The summed E-state index contributed by atoms with van der Waals surface area (Å²) in [5.41, 5.74) is 2.15.